The molecule has 0 saturated heterocycles. The van der Waals surface area contributed by atoms with Crippen LogP contribution < -0.4 is 24.8 Å². The first kappa shape index (κ1) is 21.9. The normalized spacial score (nSPS) is 10.5. The Bertz CT molecular complexity index is 723. The van der Waals surface area contributed by atoms with Crippen LogP contribution in [0.4, 0.5) is 0 Å². The largest absolute Gasteiger partial charge is 0.497 e. The standard InChI is InChI=1S/C19H25N3O3.HI/c1-20-19(21-12-14-7-5-9-16(11-14)23-2)22-13-15-8-6-10-17(24-3)18(15)25-4;/h5-11H,12-13H2,1-4H3,(H2,20,21,22);1H. The van der Waals surface area contributed by atoms with Crippen LogP contribution in [0.2, 0.25) is 0 Å². The number of benzene rings is 2. The molecule has 0 bridgehead atoms. The quantitative estimate of drug-likeness (QED) is 0.369. The Hall–Kier alpha value is -2.16. The minimum absolute atomic E-state index is 0. The van der Waals surface area contributed by atoms with Crippen molar-refractivity contribution in [3.8, 4) is 17.2 Å². The van der Waals surface area contributed by atoms with Crippen LogP contribution in [0, 0.1) is 0 Å². The van der Waals surface area contributed by atoms with Crippen molar-refractivity contribution in [3.63, 3.8) is 0 Å². The molecular weight excluding hydrogens is 445 g/mol. The number of rotatable bonds is 7. The summed E-state index contributed by atoms with van der Waals surface area (Å²) in [6.45, 7) is 1.21. The molecule has 0 amide bonds. The minimum Gasteiger partial charge on any atom is -0.497 e. The Labute approximate surface area is 172 Å². The molecule has 0 aliphatic heterocycles. The summed E-state index contributed by atoms with van der Waals surface area (Å²) in [6.07, 6.45) is 0. The maximum atomic E-state index is 5.45. The molecule has 0 aliphatic rings. The zero-order valence-corrected chi connectivity index (χ0v) is 17.9. The van der Waals surface area contributed by atoms with Crippen molar-refractivity contribution in [3.05, 3.63) is 53.6 Å². The molecule has 142 valence electrons. The van der Waals surface area contributed by atoms with Gasteiger partial charge >= 0.3 is 0 Å². The maximum Gasteiger partial charge on any atom is 0.191 e. The Balaban J connectivity index is 0.00000338. The lowest BCUT2D eigenvalue weighted by atomic mass is 10.2. The van der Waals surface area contributed by atoms with Crippen molar-refractivity contribution in [1.82, 2.24) is 10.6 Å². The molecule has 0 atom stereocenters. The van der Waals surface area contributed by atoms with Crippen molar-refractivity contribution >= 4 is 29.9 Å². The van der Waals surface area contributed by atoms with Gasteiger partial charge in [0.2, 0.25) is 0 Å². The zero-order valence-electron chi connectivity index (χ0n) is 15.5. The van der Waals surface area contributed by atoms with Crippen molar-refractivity contribution in [2.75, 3.05) is 28.4 Å². The number of aliphatic imine (C=N–C) groups is 1. The lowest BCUT2D eigenvalue weighted by Crippen LogP contribution is -2.36. The van der Waals surface area contributed by atoms with E-state index in [0.29, 0.717) is 24.8 Å². The Morgan fingerprint density at radius 1 is 0.923 bits per heavy atom. The minimum atomic E-state index is 0. The average Bonchev–Trinajstić information content (AvgIpc) is 2.67. The zero-order chi connectivity index (χ0) is 18.1. The lowest BCUT2D eigenvalue weighted by Gasteiger charge is -2.15. The van der Waals surface area contributed by atoms with E-state index < -0.39 is 0 Å². The molecule has 2 N–H and O–H groups in total. The summed E-state index contributed by atoms with van der Waals surface area (Å²) in [5.41, 5.74) is 2.10. The van der Waals surface area contributed by atoms with Crippen LogP contribution in [0.15, 0.2) is 47.5 Å². The van der Waals surface area contributed by atoms with Crippen LogP contribution in [0.1, 0.15) is 11.1 Å². The summed E-state index contributed by atoms with van der Waals surface area (Å²) in [5, 5.41) is 6.57. The molecule has 26 heavy (non-hydrogen) atoms. The molecule has 0 spiro atoms. The highest BCUT2D eigenvalue weighted by Crippen LogP contribution is 2.30. The van der Waals surface area contributed by atoms with Crippen LogP contribution in [-0.2, 0) is 13.1 Å². The van der Waals surface area contributed by atoms with Crippen molar-refractivity contribution in [1.29, 1.82) is 0 Å². The van der Waals surface area contributed by atoms with E-state index in [9.17, 15) is 0 Å². The second kappa shape index (κ2) is 11.5. The fourth-order valence-electron chi connectivity index (χ4n) is 2.46. The summed E-state index contributed by atoms with van der Waals surface area (Å²) >= 11 is 0. The highest BCUT2D eigenvalue weighted by atomic mass is 127. The number of nitrogens with one attached hydrogen (secondary N) is 2. The fourth-order valence-corrected chi connectivity index (χ4v) is 2.46. The Morgan fingerprint density at radius 3 is 2.31 bits per heavy atom. The molecule has 0 radical (unpaired) electrons. The molecule has 0 aromatic heterocycles. The molecule has 7 heteroatoms. The van der Waals surface area contributed by atoms with E-state index in [1.54, 1.807) is 28.4 Å². The van der Waals surface area contributed by atoms with Crippen molar-refractivity contribution < 1.29 is 14.2 Å². The Morgan fingerprint density at radius 2 is 1.65 bits per heavy atom. The molecular formula is C19H26IN3O3. The molecule has 0 aliphatic carbocycles. The molecule has 2 rings (SSSR count). The summed E-state index contributed by atoms with van der Waals surface area (Å²) in [7, 11) is 6.67. The van der Waals surface area contributed by atoms with Gasteiger partial charge in [0.25, 0.3) is 0 Å². The van der Waals surface area contributed by atoms with E-state index in [2.05, 4.69) is 15.6 Å². The van der Waals surface area contributed by atoms with Crippen molar-refractivity contribution in [2.45, 2.75) is 13.1 Å². The number of guanidine groups is 1. The molecule has 0 fully saturated rings. The fraction of sp³-hybridized carbons (Fsp3) is 0.316. The molecule has 0 heterocycles. The molecule has 0 unspecified atom stereocenters. The SMILES string of the molecule is CN=C(NCc1cccc(OC)c1)NCc1cccc(OC)c1OC.I. The summed E-state index contributed by atoms with van der Waals surface area (Å²) in [5.74, 6) is 2.97. The van der Waals surface area contributed by atoms with Crippen LogP contribution >= 0.6 is 24.0 Å². The summed E-state index contributed by atoms with van der Waals surface area (Å²) in [6, 6.07) is 13.7. The maximum absolute atomic E-state index is 5.45. The number of hydrogen-bond acceptors (Lipinski definition) is 4. The van der Waals surface area contributed by atoms with E-state index in [4.69, 9.17) is 14.2 Å². The van der Waals surface area contributed by atoms with Gasteiger partial charge in [0, 0.05) is 25.7 Å². The van der Waals surface area contributed by atoms with Gasteiger partial charge in [0.05, 0.1) is 21.3 Å². The topological polar surface area (TPSA) is 64.1 Å². The smallest absolute Gasteiger partial charge is 0.191 e. The van der Waals surface area contributed by atoms with Gasteiger partial charge < -0.3 is 24.8 Å². The third kappa shape index (κ3) is 5.98. The highest BCUT2D eigenvalue weighted by molar-refractivity contribution is 14.0. The van der Waals surface area contributed by atoms with E-state index in [1.165, 1.54) is 0 Å². The average molecular weight is 471 g/mol. The van der Waals surface area contributed by atoms with Gasteiger partial charge in [-0.05, 0) is 23.8 Å². The van der Waals surface area contributed by atoms with Gasteiger partial charge in [-0.3, -0.25) is 4.99 Å². The van der Waals surface area contributed by atoms with Gasteiger partial charge in [-0.1, -0.05) is 24.3 Å². The van der Waals surface area contributed by atoms with Gasteiger partial charge in [-0.2, -0.15) is 0 Å². The number of hydrogen-bond donors (Lipinski definition) is 2. The van der Waals surface area contributed by atoms with Gasteiger partial charge in [0.1, 0.15) is 5.75 Å². The van der Waals surface area contributed by atoms with Crippen LogP contribution in [0.5, 0.6) is 17.2 Å². The molecule has 6 nitrogen and oxygen atoms in total. The van der Waals surface area contributed by atoms with Crippen LogP contribution in [0.25, 0.3) is 0 Å². The first-order valence-corrected chi connectivity index (χ1v) is 7.99. The monoisotopic (exact) mass is 471 g/mol. The second-order valence-corrected chi connectivity index (χ2v) is 5.28. The van der Waals surface area contributed by atoms with E-state index in [0.717, 1.165) is 22.6 Å². The Kier molecular flexibility index (Phi) is 9.64. The second-order valence-electron chi connectivity index (χ2n) is 5.28. The van der Waals surface area contributed by atoms with Gasteiger partial charge in [-0.15, -0.1) is 24.0 Å². The number of methoxy groups -OCH3 is 3. The van der Waals surface area contributed by atoms with E-state index >= 15 is 0 Å². The summed E-state index contributed by atoms with van der Waals surface area (Å²) < 4.78 is 16.0. The number of para-hydroxylation sites is 1. The van der Waals surface area contributed by atoms with Crippen LogP contribution in [0.3, 0.4) is 0 Å². The third-order valence-electron chi connectivity index (χ3n) is 3.75. The van der Waals surface area contributed by atoms with Gasteiger partial charge in [-0.25, -0.2) is 0 Å². The van der Waals surface area contributed by atoms with Crippen LogP contribution in [-0.4, -0.2) is 34.3 Å². The molecule has 2 aromatic carbocycles. The molecule has 0 saturated carbocycles. The number of halogens is 1. The predicted octanol–water partition coefficient (Wildman–Crippen LogP) is 3.20. The number of nitrogens with zero attached hydrogens (tertiary/aromatic N) is 1. The first-order chi connectivity index (χ1) is 12.2. The van der Waals surface area contributed by atoms with E-state index in [1.807, 2.05) is 42.5 Å². The van der Waals surface area contributed by atoms with Crippen molar-refractivity contribution in [2.24, 2.45) is 4.99 Å². The summed E-state index contributed by atoms with van der Waals surface area (Å²) in [4.78, 5) is 4.25. The predicted molar refractivity (Wildman–Crippen MR) is 115 cm³/mol. The van der Waals surface area contributed by atoms with E-state index in [-0.39, 0.29) is 24.0 Å². The lowest BCUT2D eigenvalue weighted by molar-refractivity contribution is 0.351. The van der Waals surface area contributed by atoms with Gasteiger partial charge in [0.15, 0.2) is 17.5 Å². The highest BCUT2D eigenvalue weighted by Gasteiger charge is 2.09. The number of ether oxygens (including phenoxy) is 3. The molecule has 2 aromatic rings. The third-order valence-corrected chi connectivity index (χ3v) is 3.75. The first-order valence-electron chi connectivity index (χ1n) is 7.99.